The third-order valence-electron chi connectivity index (χ3n) is 3.86. The molecule has 2 unspecified atom stereocenters. The van der Waals surface area contributed by atoms with Crippen molar-refractivity contribution in [1.82, 2.24) is 15.5 Å². The SMILES string of the molecule is CC(C)NCCC(=O)NC1CCN2CCCC12. The lowest BCUT2D eigenvalue weighted by atomic mass is 10.1. The first-order valence-corrected chi connectivity index (χ1v) is 6.93. The fourth-order valence-corrected chi connectivity index (χ4v) is 3.00. The van der Waals surface area contributed by atoms with Gasteiger partial charge in [0, 0.05) is 37.6 Å². The van der Waals surface area contributed by atoms with E-state index >= 15 is 0 Å². The summed E-state index contributed by atoms with van der Waals surface area (Å²) in [6.45, 7) is 7.38. The minimum absolute atomic E-state index is 0.205. The van der Waals surface area contributed by atoms with Crippen LogP contribution in [0.4, 0.5) is 0 Å². The van der Waals surface area contributed by atoms with Crippen LogP contribution in [0.3, 0.4) is 0 Å². The van der Waals surface area contributed by atoms with E-state index in [1.807, 2.05) is 0 Å². The van der Waals surface area contributed by atoms with Gasteiger partial charge < -0.3 is 10.6 Å². The summed E-state index contributed by atoms with van der Waals surface area (Å²) in [7, 11) is 0. The molecular weight excluding hydrogens is 214 g/mol. The second-order valence-electron chi connectivity index (χ2n) is 5.57. The Morgan fingerprint density at radius 1 is 1.35 bits per heavy atom. The number of nitrogens with one attached hydrogen (secondary N) is 2. The van der Waals surface area contributed by atoms with Gasteiger partial charge in [0.1, 0.15) is 0 Å². The maximum atomic E-state index is 11.8. The minimum atomic E-state index is 0.205. The topological polar surface area (TPSA) is 44.4 Å². The molecule has 0 aromatic rings. The lowest BCUT2D eigenvalue weighted by Gasteiger charge is -2.21. The minimum Gasteiger partial charge on any atom is -0.352 e. The van der Waals surface area contributed by atoms with Crippen LogP contribution < -0.4 is 10.6 Å². The van der Waals surface area contributed by atoms with Gasteiger partial charge in [-0.2, -0.15) is 0 Å². The van der Waals surface area contributed by atoms with Gasteiger partial charge in [-0.25, -0.2) is 0 Å². The van der Waals surface area contributed by atoms with Crippen LogP contribution in [0.5, 0.6) is 0 Å². The van der Waals surface area contributed by atoms with Crippen LogP contribution in [0, 0.1) is 0 Å². The summed E-state index contributed by atoms with van der Waals surface area (Å²) in [5.74, 6) is 0.205. The Balaban J connectivity index is 1.68. The van der Waals surface area contributed by atoms with Gasteiger partial charge in [-0.15, -0.1) is 0 Å². The van der Waals surface area contributed by atoms with Crippen LogP contribution in [-0.4, -0.2) is 48.6 Å². The predicted molar refractivity (Wildman–Crippen MR) is 68.9 cm³/mol. The molecule has 2 saturated heterocycles. The van der Waals surface area contributed by atoms with Crippen LogP contribution in [0.15, 0.2) is 0 Å². The first kappa shape index (κ1) is 12.8. The van der Waals surface area contributed by atoms with Crippen molar-refractivity contribution >= 4 is 5.91 Å². The number of rotatable bonds is 5. The van der Waals surface area contributed by atoms with Crippen LogP contribution in [-0.2, 0) is 4.79 Å². The third kappa shape index (κ3) is 3.42. The van der Waals surface area contributed by atoms with Gasteiger partial charge in [-0.1, -0.05) is 13.8 Å². The molecule has 0 aromatic heterocycles. The molecule has 2 aliphatic rings. The van der Waals surface area contributed by atoms with E-state index in [0.717, 1.165) is 13.0 Å². The van der Waals surface area contributed by atoms with Crippen molar-refractivity contribution in [3.05, 3.63) is 0 Å². The summed E-state index contributed by atoms with van der Waals surface area (Å²) in [5, 5.41) is 6.48. The zero-order valence-corrected chi connectivity index (χ0v) is 11.0. The molecule has 0 aromatic carbocycles. The zero-order valence-electron chi connectivity index (χ0n) is 11.0. The first-order valence-electron chi connectivity index (χ1n) is 6.93. The van der Waals surface area contributed by atoms with E-state index in [4.69, 9.17) is 0 Å². The Hall–Kier alpha value is -0.610. The fourth-order valence-electron chi connectivity index (χ4n) is 3.00. The molecule has 0 spiro atoms. The quantitative estimate of drug-likeness (QED) is 0.743. The third-order valence-corrected chi connectivity index (χ3v) is 3.86. The van der Waals surface area contributed by atoms with Gasteiger partial charge >= 0.3 is 0 Å². The molecule has 2 rings (SSSR count). The second kappa shape index (κ2) is 5.83. The summed E-state index contributed by atoms with van der Waals surface area (Å²) in [5.41, 5.74) is 0. The summed E-state index contributed by atoms with van der Waals surface area (Å²) in [6.07, 6.45) is 4.29. The highest BCUT2D eigenvalue weighted by molar-refractivity contribution is 5.76. The molecule has 98 valence electrons. The molecule has 0 saturated carbocycles. The highest BCUT2D eigenvalue weighted by Gasteiger charge is 2.37. The predicted octanol–water partition coefficient (Wildman–Crippen LogP) is 0.727. The zero-order chi connectivity index (χ0) is 12.3. The van der Waals surface area contributed by atoms with E-state index in [-0.39, 0.29) is 5.91 Å². The van der Waals surface area contributed by atoms with Gasteiger partial charge in [0.05, 0.1) is 0 Å². The van der Waals surface area contributed by atoms with E-state index in [1.165, 1.54) is 25.9 Å². The van der Waals surface area contributed by atoms with E-state index in [2.05, 4.69) is 29.4 Å². The van der Waals surface area contributed by atoms with Gasteiger partial charge in [-0.3, -0.25) is 9.69 Å². The number of carbonyl (C=O) groups is 1. The molecule has 0 radical (unpaired) electrons. The number of hydrogen-bond donors (Lipinski definition) is 2. The summed E-state index contributed by atoms with van der Waals surface area (Å²) >= 11 is 0. The molecule has 0 bridgehead atoms. The monoisotopic (exact) mass is 239 g/mol. The van der Waals surface area contributed by atoms with E-state index < -0.39 is 0 Å². The van der Waals surface area contributed by atoms with Gasteiger partial charge in [0.2, 0.25) is 5.91 Å². The number of hydrogen-bond acceptors (Lipinski definition) is 3. The molecule has 2 fully saturated rings. The van der Waals surface area contributed by atoms with Crippen molar-refractivity contribution < 1.29 is 4.79 Å². The molecule has 1 amide bonds. The lowest BCUT2D eigenvalue weighted by molar-refractivity contribution is -0.121. The molecule has 2 N–H and O–H groups in total. The molecule has 0 aliphatic carbocycles. The Bertz CT molecular complexity index is 267. The highest BCUT2D eigenvalue weighted by atomic mass is 16.1. The van der Waals surface area contributed by atoms with Crippen LogP contribution in [0.1, 0.15) is 39.5 Å². The van der Waals surface area contributed by atoms with Crippen molar-refractivity contribution in [2.45, 2.75) is 57.7 Å². The molecule has 4 heteroatoms. The summed E-state index contributed by atoms with van der Waals surface area (Å²) < 4.78 is 0. The van der Waals surface area contributed by atoms with Gasteiger partial charge in [0.15, 0.2) is 0 Å². The lowest BCUT2D eigenvalue weighted by Crippen LogP contribution is -2.43. The highest BCUT2D eigenvalue weighted by Crippen LogP contribution is 2.27. The number of carbonyl (C=O) groups excluding carboxylic acids is 1. The van der Waals surface area contributed by atoms with E-state index in [9.17, 15) is 4.79 Å². The fraction of sp³-hybridized carbons (Fsp3) is 0.923. The maximum absolute atomic E-state index is 11.8. The van der Waals surface area contributed by atoms with Crippen molar-refractivity contribution in [1.29, 1.82) is 0 Å². The summed E-state index contributed by atoms with van der Waals surface area (Å²) in [4.78, 5) is 14.3. The second-order valence-corrected chi connectivity index (χ2v) is 5.57. The maximum Gasteiger partial charge on any atom is 0.221 e. The number of amides is 1. The van der Waals surface area contributed by atoms with E-state index in [0.29, 0.717) is 24.5 Å². The van der Waals surface area contributed by atoms with Crippen molar-refractivity contribution in [3.63, 3.8) is 0 Å². The van der Waals surface area contributed by atoms with Gasteiger partial charge in [-0.05, 0) is 25.8 Å². The smallest absolute Gasteiger partial charge is 0.221 e. The van der Waals surface area contributed by atoms with Crippen LogP contribution in [0.25, 0.3) is 0 Å². The molecule has 4 nitrogen and oxygen atoms in total. The summed E-state index contributed by atoms with van der Waals surface area (Å²) in [6, 6.07) is 1.49. The van der Waals surface area contributed by atoms with Gasteiger partial charge in [0.25, 0.3) is 0 Å². The van der Waals surface area contributed by atoms with E-state index in [1.54, 1.807) is 0 Å². The number of fused-ring (bicyclic) bond motifs is 1. The van der Waals surface area contributed by atoms with Crippen LogP contribution >= 0.6 is 0 Å². The molecule has 2 heterocycles. The van der Waals surface area contributed by atoms with Crippen LogP contribution in [0.2, 0.25) is 0 Å². The normalized spacial score (nSPS) is 28.6. The molecular formula is C13H25N3O. The average molecular weight is 239 g/mol. The Kier molecular flexibility index (Phi) is 4.40. The average Bonchev–Trinajstić information content (AvgIpc) is 2.82. The molecule has 2 atom stereocenters. The largest absolute Gasteiger partial charge is 0.352 e. The Morgan fingerprint density at radius 2 is 2.18 bits per heavy atom. The number of nitrogens with zero attached hydrogens (tertiary/aromatic N) is 1. The Morgan fingerprint density at radius 3 is 2.94 bits per heavy atom. The van der Waals surface area contributed by atoms with Crippen molar-refractivity contribution in [3.8, 4) is 0 Å². The standard InChI is InChI=1S/C13H25N3O/c1-10(2)14-7-5-13(17)15-11-6-9-16-8-3-4-12(11)16/h10-12,14H,3-9H2,1-2H3,(H,15,17). The first-order chi connectivity index (χ1) is 8.16. The Labute approximate surface area is 104 Å². The van der Waals surface area contributed by atoms with Crippen molar-refractivity contribution in [2.75, 3.05) is 19.6 Å². The molecule has 2 aliphatic heterocycles. The van der Waals surface area contributed by atoms with Crippen molar-refractivity contribution in [2.24, 2.45) is 0 Å². The molecule has 17 heavy (non-hydrogen) atoms.